The Morgan fingerprint density at radius 1 is 1.22 bits per heavy atom. The molecule has 0 heterocycles. The lowest BCUT2D eigenvalue weighted by atomic mass is 10.1. The molecule has 0 radical (unpaired) electrons. The Labute approximate surface area is 110 Å². The predicted molar refractivity (Wildman–Crippen MR) is 76.1 cm³/mol. The molecule has 0 spiro atoms. The van der Waals surface area contributed by atoms with Gasteiger partial charge in [0.25, 0.3) is 0 Å². The van der Waals surface area contributed by atoms with Crippen molar-refractivity contribution in [2.24, 2.45) is 0 Å². The average molecular weight is 252 g/mol. The van der Waals surface area contributed by atoms with E-state index in [1.165, 1.54) is 0 Å². The fourth-order valence-corrected chi connectivity index (χ4v) is 1.98. The van der Waals surface area contributed by atoms with E-state index in [1.54, 1.807) is 14.2 Å². The molecule has 102 valence electrons. The molecule has 0 saturated carbocycles. The van der Waals surface area contributed by atoms with Crippen molar-refractivity contribution in [1.29, 1.82) is 0 Å². The fraction of sp³-hybridized carbons (Fsp3) is 0.571. The fourth-order valence-electron chi connectivity index (χ4n) is 1.98. The molecule has 1 N–H and O–H groups in total. The van der Waals surface area contributed by atoms with Crippen LogP contribution in [0.3, 0.4) is 0 Å². The molecule has 1 rings (SSSR count). The first-order valence-corrected chi connectivity index (χ1v) is 6.29. The van der Waals surface area contributed by atoms with Crippen molar-refractivity contribution in [3.05, 3.63) is 17.7 Å². The van der Waals surface area contributed by atoms with Gasteiger partial charge in [0.1, 0.15) is 11.5 Å². The minimum atomic E-state index is 0.857. The van der Waals surface area contributed by atoms with Crippen LogP contribution in [0.4, 0.5) is 5.69 Å². The normalized spacial score (nSPS) is 10.3. The molecule has 1 aromatic rings. The van der Waals surface area contributed by atoms with Gasteiger partial charge in [-0.2, -0.15) is 0 Å². The highest BCUT2D eigenvalue weighted by Gasteiger charge is 2.13. The van der Waals surface area contributed by atoms with E-state index in [0.29, 0.717) is 0 Å². The first-order chi connectivity index (χ1) is 8.65. The SMILES string of the molecule is CCNCCN(C)c1ccc(OC)c(C)c1OC. The van der Waals surface area contributed by atoms with Gasteiger partial charge in [-0.1, -0.05) is 6.92 Å². The van der Waals surface area contributed by atoms with E-state index in [9.17, 15) is 0 Å². The third kappa shape index (κ3) is 3.29. The predicted octanol–water partition coefficient (Wildman–Crippen LogP) is 2.06. The summed E-state index contributed by atoms with van der Waals surface area (Å²) in [5, 5.41) is 3.32. The minimum Gasteiger partial charge on any atom is -0.496 e. The van der Waals surface area contributed by atoms with Crippen molar-refractivity contribution >= 4 is 5.69 Å². The van der Waals surface area contributed by atoms with Crippen LogP contribution in [0.1, 0.15) is 12.5 Å². The van der Waals surface area contributed by atoms with Gasteiger partial charge >= 0.3 is 0 Å². The summed E-state index contributed by atoms with van der Waals surface area (Å²) in [6.07, 6.45) is 0. The summed E-state index contributed by atoms with van der Waals surface area (Å²) in [5.74, 6) is 1.74. The Morgan fingerprint density at radius 3 is 2.50 bits per heavy atom. The quantitative estimate of drug-likeness (QED) is 0.753. The van der Waals surface area contributed by atoms with Gasteiger partial charge < -0.3 is 19.7 Å². The number of nitrogens with one attached hydrogen (secondary N) is 1. The van der Waals surface area contributed by atoms with Crippen molar-refractivity contribution in [3.8, 4) is 11.5 Å². The Hall–Kier alpha value is -1.42. The molecule has 0 aliphatic heterocycles. The number of ether oxygens (including phenoxy) is 2. The molecule has 0 aromatic heterocycles. The van der Waals surface area contributed by atoms with E-state index in [0.717, 1.165) is 42.4 Å². The minimum absolute atomic E-state index is 0.857. The summed E-state index contributed by atoms with van der Waals surface area (Å²) in [6, 6.07) is 4.02. The molecule has 0 bridgehead atoms. The lowest BCUT2D eigenvalue weighted by molar-refractivity contribution is 0.389. The van der Waals surface area contributed by atoms with Crippen LogP contribution >= 0.6 is 0 Å². The average Bonchev–Trinajstić information content (AvgIpc) is 2.38. The molecule has 0 atom stereocenters. The number of benzene rings is 1. The molecular weight excluding hydrogens is 228 g/mol. The Morgan fingerprint density at radius 2 is 1.94 bits per heavy atom. The highest BCUT2D eigenvalue weighted by Crippen LogP contribution is 2.36. The molecule has 0 aliphatic rings. The van der Waals surface area contributed by atoms with Gasteiger partial charge in [0.15, 0.2) is 0 Å². The number of hydrogen-bond donors (Lipinski definition) is 1. The topological polar surface area (TPSA) is 33.7 Å². The van der Waals surface area contributed by atoms with Crippen LogP contribution in [-0.2, 0) is 0 Å². The van der Waals surface area contributed by atoms with Crippen LogP contribution in [0.15, 0.2) is 12.1 Å². The smallest absolute Gasteiger partial charge is 0.148 e. The maximum Gasteiger partial charge on any atom is 0.148 e. The van der Waals surface area contributed by atoms with Crippen LogP contribution in [0.2, 0.25) is 0 Å². The second-order valence-corrected chi connectivity index (χ2v) is 4.22. The number of nitrogens with zero attached hydrogens (tertiary/aromatic N) is 1. The molecular formula is C14H24N2O2. The molecule has 0 saturated heterocycles. The van der Waals surface area contributed by atoms with E-state index in [2.05, 4.69) is 24.2 Å². The first kappa shape index (κ1) is 14.6. The zero-order valence-corrected chi connectivity index (χ0v) is 12.0. The van der Waals surface area contributed by atoms with E-state index >= 15 is 0 Å². The Kier molecular flexibility index (Phi) is 5.78. The number of anilines is 1. The number of likely N-dealkylation sites (N-methyl/N-ethyl adjacent to an activating group) is 2. The van der Waals surface area contributed by atoms with E-state index in [1.807, 2.05) is 19.1 Å². The monoisotopic (exact) mass is 252 g/mol. The highest BCUT2D eigenvalue weighted by molar-refractivity contribution is 5.65. The van der Waals surface area contributed by atoms with Crippen molar-refractivity contribution in [3.63, 3.8) is 0 Å². The van der Waals surface area contributed by atoms with Gasteiger partial charge in [0.2, 0.25) is 0 Å². The van der Waals surface area contributed by atoms with Gasteiger partial charge in [-0.3, -0.25) is 0 Å². The molecule has 4 heteroatoms. The summed E-state index contributed by atoms with van der Waals surface area (Å²) in [7, 11) is 5.45. The summed E-state index contributed by atoms with van der Waals surface area (Å²) < 4.78 is 10.8. The zero-order valence-electron chi connectivity index (χ0n) is 12.0. The van der Waals surface area contributed by atoms with Crippen molar-refractivity contribution in [1.82, 2.24) is 5.32 Å². The van der Waals surface area contributed by atoms with Crippen LogP contribution in [0.5, 0.6) is 11.5 Å². The van der Waals surface area contributed by atoms with E-state index in [-0.39, 0.29) is 0 Å². The molecule has 0 unspecified atom stereocenters. The van der Waals surface area contributed by atoms with E-state index < -0.39 is 0 Å². The second-order valence-electron chi connectivity index (χ2n) is 4.22. The van der Waals surface area contributed by atoms with Crippen molar-refractivity contribution in [2.75, 3.05) is 45.8 Å². The van der Waals surface area contributed by atoms with Crippen LogP contribution in [0, 0.1) is 6.92 Å². The lowest BCUT2D eigenvalue weighted by Gasteiger charge is -2.23. The molecule has 0 amide bonds. The summed E-state index contributed by atoms with van der Waals surface area (Å²) >= 11 is 0. The molecule has 0 aliphatic carbocycles. The maximum atomic E-state index is 5.50. The Balaban J connectivity index is 2.90. The first-order valence-electron chi connectivity index (χ1n) is 6.29. The molecule has 0 fully saturated rings. The standard InChI is InChI=1S/C14H24N2O2/c1-6-15-9-10-16(3)12-7-8-13(17-4)11(2)14(12)18-5/h7-8,15H,6,9-10H2,1-5H3. The van der Waals surface area contributed by atoms with Gasteiger partial charge in [-0.15, -0.1) is 0 Å². The van der Waals surface area contributed by atoms with E-state index in [4.69, 9.17) is 9.47 Å². The molecule has 1 aromatic carbocycles. The summed E-state index contributed by atoms with van der Waals surface area (Å²) in [6.45, 7) is 7.02. The molecule has 4 nitrogen and oxygen atoms in total. The Bertz CT molecular complexity index is 380. The van der Waals surface area contributed by atoms with Crippen molar-refractivity contribution in [2.45, 2.75) is 13.8 Å². The third-order valence-electron chi connectivity index (χ3n) is 3.04. The summed E-state index contributed by atoms with van der Waals surface area (Å²) in [5.41, 5.74) is 2.13. The summed E-state index contributed by atoms with van der Waals surface area (Å²) in [4.78, 5) is 2.19. The lowest BCUT2D eigenvalue weighted by Crippen LogP contribution is -2.29. The number of hydrogen-bond acceptors (Lipinski definition) is 4. The molecule has 18 heavy (non-hydrogen) atoms. The van der Waals surface area contributed by atoms with Crippen molar-refractivity contribution < 1.29 is 9.47 Å². The maximum absolute atomic E-state index is 5.50. The van der Waals surface area contributed by atoms with Crippen LogP contribution in [-0.4, -0.2) is 40.9 Å². The highest BCUT2D eigenvalue weighted by atomic mass is 16.5. The van der Waals surface area contributed by atoms with Gasteiger partial charge in [-0.25, -0.2) is 0 Å². The largest absolute Gasteiger partial charge is 0.496 e. The third-order valence-corrected chi connectivity index (χ3v) is 3.04. The van der Waals surface area contributed by atoms with Gasteiger partial charge in [0, 0.05) is 25.7 Å². The zero-order chi connectivity index (χ0) is 13.5. The number of rotatable bonds is 7. The van der Waals surface area contributed by atoms with Gasteiger partial charge in [0.05, 0.1) is 19.9 Å². The van der Waals surface area contributed by atoms with Gasteiger partial charge in [-0.05, 0) is 25.6 Å². The van der Waals surface area contributed by atoms with Crippen LogP contribution in [0.25, 0.3) is 0 Å². The number of methoxy groups -OCH3 is 2. The van der Waals surface area contributed by atoms with Crippen LogP contribution < -0.4 is 19.7 Å². The second kappa shape index (κ2) is 7.11.